The molecular formula is C96H106F6N14O19. The average molecular weight is 1870 g/mol. The molecule has 7 atom stereocenters. The number of fused-ring (bicyclic) bond motifs is 5. The number of nitrogens with zero attached hydrogens (tertiary/aromatic N) is 11. The molecule has 5 saturated heterocycles. The highest BCUT2D eigenvalue weighted by molar-refractivity contribution is 6.02. The summed E-state index contributed by atoms with van der Waals surface area (Å²) < 4.78 is 120. The predicted molar refractivity (Wildman–Crippen MR) is 493 cm³/mol. The van der Waals surface area contributed by atoms with Crippen LogP contribution in [-0.2, 0) is 0 Å². The number of anilines is 5. The van der Waals surface area contributed by atoms with E-state index in [4.69, 9.17) is 24.7 Å². The SMILES string of the molecule is COc1c(N2CCNC(C)C2)c(F)cc2c(=O)c(C(=O)O)cn(C3CC3)c12.COc1c(N2C[C@@H](N)C3(CC3)C2)c(F)cc2c(=O)c(C(=O)O)cn([C@@H]3C[C@@H]3F)c12.COc1c(N2C[C@H]3CCCC[C@H]3C2)c(F)cc2c(=O)c(C(=O)O)cn(C3CC3)c12.C[C@H]1COc2c(N3CCN(C)CC3)c(F)cc3c(=O)c(C(=O)O)cn1c23.O=C(O)c1cn(C2CC2)c2cc(N3CCNCC3)c(F)cc2c1=O. The van der Waals surface area contributed by atoms with Gasteiger partial charge in [-0.25, -0.2) is 50.3 Å². The van der Waals surface area contributed by atoms with Gasteiger partial charge >= 0.3 is 29.8 Å². The van der Waals surface area contributed by atoms with Gasteiger partial charge in [0.25, 0.3) is 0 Å². The number of halogens is 6. The van der Waals surface area contributed by atoms with Gasteiger partial charge in [-0.3, -0.25) is 24.0 Å². The summed E-state index contributed by atoms with van der Waals surface area (Å²) in [6.45, 7) is 14.6. The van der Waals surface area contributed by atoms with Crippen LogP contribution >= 0.6 is 0 Å². The zero-order chi connectivity index (χ0) is 95.7. The smallest absolute Gasteiger partial charge is 0.341 e. The molecule has 5 aromatic carbocycles. The lowest BCUT2D eigenvalue weighted by Crippen LogP contribution is -2.49. The average Bonchev–Trinajstić information content (AvgIpc) is 1.55. The van der Waals surface area contributed by atoms with E-state index in [9.17, 15) is 86.6 Å². The minimum absolute atomic E-state index is 0.0141. The number of nitrogens with one attached hydrogen (secondary N) is 2. The molecule has 135 heavy (non-hydrogen) atoms. The van der Waals surface area contributed by atoms with Crippen LogP contribution in [-0.4, -0.2) is 235 Å². The standard InChI is InChI=1S/C22H25FN2O4.C20H21F2N3O4.C19H22FN3O4.C18H20FN3O4.C17H18FN3O3/c1-29-21-18-15(20(26)16(22(27)28)11-25(18)14-6-7-14)8-17(23)19(21)24-9-12-4-2-3-5-13(12)10-24;1-29-18-15-9(17(26)10(19(27)28)6-25(15)13-5-11(13)21)4-12(22)16(18)24-7-14(23)20(8-24)2-3-20;1-10-8-22(6-5-21-10)16-14(20)7-12-15(18(16)27-2)23(11-3-4-11)9-13(17(12)24)19(25)26;1-10-9-26-17-14-11(16(23)12(18(24)25)8-22(10)14)7-13(19)15(17)21-5-3-20(2)4-6-21;18-13-7-11-14(8-15(13)20-5-3-19-4-6-20)21(10-1-2-10)9-12(16(11)22)17(23)24/h8,11-14H,2-7,9-10H2,1H3,(H,27,28);4,6,11,13-14H,2-3,5,7-8,23H2,1H3,(H,27,28);7,9-11,21H,3-6,8H2,1-2H3,(H,25,26);7-8,10H,3-6,9H2,1-2H3,(H,24,25);7-10,19H,1-6H2,(H,23,24)/t12-,13+;11-,13+,14+;;10-;/m.0.0./s1. The number of hydrogen-bond donors (Lipinski definition) is 8. The molecule has 22 rings (SSSR count). The third-order valence-corrected chi connectivity index (χ3v) is 28.6. The Kier molecular flexibility index (Phi) is 25.0. The monoisotopic (exact) mass is 1870 g/mol. The summed E-state index contributed by atoms with van der Waals surface area (Å²) >= 11 is 0. The molecule has 6 aliphatic carbocycles. The molecule has 0 radical (unpaired) electrons. The number of ether oxygens (including phenoxy) is 4. The van der Waals surface area contributed by atoms with Gasteiger partial charge in [0.1, 0.15) is 69.2 Å². The molecule has 33 nitrogen and oxygen atoms in total. The Bertz CT molecular complexity index is 6860. The van der Waals surface area contributed by atoms with Crippen LogP contribution in [0.1, 0.15) is 179 Å². The molecule has 0 bridgehead atoms. The Morgan fingerprint density at radius 1 is 0.452 bits per heavy atom. The molecule has 0 amide bonds. The summed E-state index contributed by atoms with van der Waals surface area (Å²) in [5.41, 5.74) is 4.94. The van der Waals surface area contributed by atoms with Crippen LogP contribution < -0.4 is 87.0 Å². The number of piperazine rings is 3. The molecule has 11 heterocycles. The minimum Gasteiger partial charge on any atom is -0.492 e. The van der Waals surface area contributed by atoms with Gasteiger partial charge in [0.15, 0.2) is 46.3 Å². The molecule has 11 fully saturated rings. The lowest BCUT2D eigenvalue weighted by molar-refractivity contribution is 0.0683. The van der Waals surface area contributed by atoms with E-state index in [2.05, 4.69) is 20.4 Å². The van der Waals surface area contributed by atoms with Crippen molar-refractivity contribution in [2.75, 3.05) is 158 Å². The molecule has 1 spiro atoms. The highest BCUT2D eigenvalue weighted by Gasteiger charge is 2.55. The largest absolute Gasteiger partial charge is 0.492 e. The van der Waals surface area contributed by atoms with E-state index in [-0.39, 0.29) is 121 Å². The summed E-state index contributed by atoms with van der Waals surface area (Å²) in [7, 11) is 6.32. The lowest BCUT2D eigenvalue weighted by Gasteiger charge is -2.37. The van der Waals surface area contributed by atoms with Crippen LogP contribution in [0.25, 0.3) is 54.5 Å². The fourth-order valence-electron chi connectivity index (χ4n) is 20.8. The maximum absolute atomic E-state index is 15.3. The molecule has 12 aliphatic rings. The molecule has 6 aliphatic heterocycles. The van der Waals surface area contributed by atoms with Crippen molar-refractivity contribution in [3.8, 4) is 23.0 Å². The topological polar surface area (TPSA) is 403 Å². The van der Waals surface area contributed by atoms with E-state index in [1.54, 1.807) is 15.2 Å². The molecule has 6 saturated carbocycles. The number of carboxylic acids is 5. The van der Waals surface area contributed by atoms with E-state index in [1.807, 2.05) is 49.6 Å². The molecule has 39 heteroatoms. The number of likely N-dealkylation sites (N-methyl/N-ethyl adjacent to an activating group) is 1. The number of aromatic carboxylic acids is 5. The zero-order valence-electron chi connectivity index (χ0n) is 75.3. The third-order valence-electron chi connectivity index (χ3n) is 28.6. The van der Waals surface area contributed by atoms with Crippen LogP contribution in [0.4, 0.5) is 54.8 Å². The van der Waals surface area contributed by atoms with E-state index in [0.29, 0.717) is 126 Å². The summed E-state index contributed by atoms with van der Waals surface area (Å²) in [6.07, 6.45) is 17.9. The maximum atomic E-state index is 15.3. The van der Waals surface area contributed by atoms with Crippen LogP contribution in [0.2, 0.25) is 0 Å². The number of carbonyl (C=O) groups is 5. The van der Waals surface area contributed by atoms with E-state index >= 15 is 13.2 Å². The number of carboxylic acid groups (broad SMARTS) is 5. The van der Waals surface area contributed by atoms with Crippen LogP contribution in [0.5, 0.6) is 23.0 Å². The van der Waals surface area contributed by atoms with Gasteiger partial charge in [0.05, 0.1) is 88.2 Å². The normalized spacial score (nSPS) is 22.1. The van der Waals surface area contributed by atoms with Gasteiger partial charge in [-0.05, 0) is 133 Å². The fraction of sp³-hybridized carbons (Fsp3) is 0.479. The van der Waals surface area contributed by atoms with Crippen LogP contribution in [0, 0.1) is 46.3 Å². The van der Waals surface area contributed by atoms with E-state index < -0.39 is 104 Å². The van der Waals surface area contributed by atoms with Crippen molar-refractivity contribution in [1.82, 2.24) is 38.4 Å². The molecule has 716 valence electrons. The van der Waals surface area contributed by atoms with E-state index in [1.165, 1.54) is 88.5 Å². The van der Waals surface area contributed by atoms with Gasteiger partial charge in [-0.1, -0.05) is 12.8 Å². The summed E-state index contributed by atoms with van der Waals surface area (Å²) in [5, 5.41) is 53.5. The van der Waals surface area contributed by atoms with Gasteiger partial charge in [0.2, 0.25) is 27.1 Å². The summed E-state index contributed by atoms with van der Waals surface area (Å²) in [6, 6.07) is 7.19. The van der Waals surface area contributed by atoms with Crippen molar-refractivity contribution in [1.29, 1.82) is 0 Å². The van der Waals surface area contributed by atoms with Crippen LogP contribution in [0.3, 0.4) is 0 Å². The molecule has 5 aromatic heterocycles. The molecular weight excluding hydrogens is 1770 g/mol. The van der Waals surface area contributed by atoms with Gasteiger partial charge in [-0.2, -0.15) is 0 Å². The fourth-order valence-corrected chi connectivity index (χ4v) is 20.8. The number of rotatable bonds is 17. The number of pyridine rings is 5. The van der Waals surface area contributed by atoms with Gasteiger partial charge in [-0.15, -0.1) is 0 Å². The second-order valence-electron chi connectivity index (χ2n) is 37.6. The first-order valence-corrected chi connectivity index (χ1v) is 45.8. The Morgan fingerprint density at radius 3 is 1.29 bits per heavy atom. The highest BCUT2D eigenvalue weighted by atomic mass is 19.2. The highest BCUT2D eigenvalue weighted by Crippen LogP contribution is 2.56. The van der Waals surface area contributed by atoms with Crippen molar-refractivity contribution < 1.29 is 94.8 Å². The lowest BCUT2D eigenvalue weighted by atomic mass is 9.82. The third kappa shape index (κ3) is 17.2. The summed E-state index contributed by atoms with van der Waals surface area (Å²) in [5.74, 6) is -7.22. The van der Waals surface area contributed by atoms with Crippen LogP contribution in [0.15, 0.2) is 91.4 Å². The number of alkyl halides is 1. The maximum Gasteiger partial charge on any atom is 0.341 e. The Hall–Kier alpha value is -12.9. The Labute approximate surface area is 767 Å². The first-order valence-electron chi connectivity index (χ1n) is 45.8. The molecule has 10 aromatic rings. The quantitative estimate of drug-likeness (QED) is 0.0393. The molecule has 1 unspecified atom stereocenters. The number of nitrogens with two attached hydrogens (primary N) is 1. The first kappa shape index (κ1) is 92.6. The van der Waals surface area contributed by atoms with Crippen molar-refractivity contribution >= 4 is 113 Å². The van der Waals surface area contributed by atoms with Crippen molar-refractivity contribution in [3.05, 3.63) is 175 Å². The first-order chi connectivity index (χ1) is 64.6. The summed E-state index contributed by atoms with van der Waals surface area (Å²) in [4.78, 5) is 132. The zero-order valence-corrected chi connectivity index (χ0v) is 75.3. The van der Waals surface area contributed by atoms with Gasteiger partial charge in [0, 0.05) is 177 Å². The van der Waals surface area contributed by atoms with Crippen molar-refractivity contribution in [3.63, 3.8) is 0 Å². The van der Waals surface area contributed by atoms with Crippen molar-refractivity contribution in [2.45, 2.75) is 146 Å². The van der Waals surface area contributed by atoms with Crippen molar-refractivity contribution in [2.24, 2.45) is 23.0 Å². The number of hydrogen-bond acceptors (Lipinski definition) is 23. The van der Waals surface area contributed by atoms with Gasteiger partial charge < -0.3 is 113 Å². The minimum atomic E-state index is -1.44. The predicted octanol–water partition coefficient (Wildman–Crippen LogP) is 11.0. The second kappa shape index (κ2) is 36.4. The number of methoxy groups -OCH3 is 3. The number of aromatic nitrogens is 5. The second-order valence-corrected chi connectivity index (χ2v) is 37.6. The molecule has 9 N–H and O–H groups in total. The van der Waals surface area contributed by atoms with E-state index in [0.717, 1.165) is 122 Å². The Balaban J connectivity index is 0.000000113. The Morgan fingerprint density at radius 2 is 0.852 bits per heavy atom. The number of benzene rings is 5.